The number of rotatable bonds is 2. The second-order valence-electron chi connectivity index (χ2n) is 3.27. The largest absolute Gasteiger partial charge is 0.391 e. The van der Waals surface area contributed by atoms with E-state index in [0.717, 1.165) is 11.1 Å². The molecule has 2 atom stereocenters. The van der Waals surface area contributed by atoms with Crippen LogP contribution in [0.25, 0.3) is 0 Å². The van der Waals surface area contributed by atoms with E-state index in [1.165, 1.54) is 12.1 Å². The standard InChI is InChI=1S/C10H14FNO/c1-6-5-8(11)3-4-9(6)10(12)7(2)13/h3-5,7,10,13H,12H2,1-2H3/t7?,10-/m1/s1. The number of aliphatic hydroxyl groups excluding tert-OH is 1. The molecule has 2 nitrogen and oxygen atoms in total. The van der Waals surface area contributed by atoms with Crippen molar-refractivity contribution in [2.45, 2.75) is 26.0 Å². The van der Waals surface area contributed by atoms with Gasteiger partial charge in [0.15, 0.2) is 0 Å². The molecule has 0 heterocycles. The SMILES string of the molecule is Cc1cc(F)ccc1[C@H](N)C(C)O. The Morgan fingerprint density at radius 1 is 1.46 bits per heavy atom. The Morgan fingerprint density at radius 2 is 2.08 bits per heavy atom. The molecule has 0 amide bonds. The Balaban J connectivity index is 3.01. The number of benzene rings is 1. The van der Waals surface area contributed by atoms with Crippen molar-refractivity contribution in [1.82, 2.24) is 0 Å². The van der Waals surface area contributed by atoms with Crippen molar-refractivity contribution >= 4 is 0 Å². The number of aliphatic hydroxyl groups is 1. The molecule has 3 heteroatoms. The molecule has 72 valence electrons. The average Bonchev–Trinajstić information content (AvgIpc) is 2.03. The lowest BCUT2D eigenvalue weighted by molar-refractivity contribution is 0.164. The highest BCUT2D eigenvalue weighted by atomic mass is 19.1. The van der Waals surface area contributed by atoms with Crippen LogP contribution in [0.4, 0.5) is 4.39 Å². The lowest BCUT2D eigenvalue weighted by Gasteiger charge is -2.17. The highest BCUT2D eigenvalue weighted by Crippen LogP contribution is 2.19. The van der Waals surface area contributed by atoms with Gasteiger partial charge in [-0.15, -0.1) is 0 Å². The van der Waals surface area contributed by atoms with Crippen molar-refractivity contribution in [2.24, 2.45) is 5.73 Å². The quantitative estimate of drug-likeness (QED) is 0.730. The number of halogens is 1. The van der Waals surface area contributed by atoms with Crippen LogP contribution in [-0.2, 0) is 0 Å². The van der Waals surface area contributed by atoms with Gasteiger partial charge >= 0.3 is 0 Å². The van der Waals surface area contributed by atoms with E-state index in [1.54, 1.807) is 19.9 Å². The molecular weight excluding hydrogens is 169 g/mol. The van der Waals surface area contributed by atoms with Gasteiger partial charge in [-0.05, 0) is 37.1 Å². The van der Waals surface area contributed by atoms with Gasteiger partial charge in [-0.25, -0.2) is 4.39 Å². The van der Waals surface area contributed by atoms with Crippen LogP contribution in [0.5, 0.6) is 0 Å². The molecule has 1 aromatic carbocycles. The molecule has 0 aromatic heterocycles. The van der Waals surface area contributed by atoms with Gasteiger partial charge in [0, 0.05) is 0 Å². The van der Waals surface area contributed by atoms with E-state index in [1.807, 2.05) is 0 Å². The van der Waals surface area contributed by atoms with Gasteiger partial charge in [0.1, 0.15) is 5.82 Å². The van der Waals surface area contributed by atoms with Gasteiger partial charge in [0.05, 0.1) is 12.1 Å². The fraction of sp³-hybridized carbons (Fsp3) is 0.400. The van der Waals surface area contributed by atoms with Crippen LogP contribution in [-0.4, -0.2) is 11.2 Å². The predicted octanol–water partition coefficient (Wildman–Crippen LogP) is 1.51. The van der Waals surface area contributed by atoms with E-state index in [-0.39, 0.29) is 5.82 Å². The molecule has 1 rings (SSSR count). The molecule has 0 fully saturated rings. The van der Waals surface area contributed by atoms with Crippen LogP contribution in [0.2, 0.25) is 0 Å². The molecule has 0 aliphatic carbocycles. The third-order valence-electron chi connectivity index (χ3n) is 2.11. The third kappa shape index (κ3) is 2.26. The Hall–Kier alpha value is -0.930. The molecule has 13 heavy (non-hydrogen) atoms. The minimum absolute atomic E-state index is 0.279. The summed E-state index contributed by atoms with van der Waals surface area (Å²) < 4.78 is 12.7. The van der Waals surface area contributed by atoms with E-state index in [0.29, 0.717) is 0 Å². The van der Waals surface area contributed by atoms with E-state index in [2.05, 4.69) is 0 Å². The van der Waals surface area contributed by atoms with Crippen LogP contribution in [0.1, 0.15) is 24.1 Å². The molecule has 0 aliphatic heterocycles. The first-order chi connectivity index (χ1) is 6.02. The molecule has 3 N–H and O–H groups in total. The van der Waals surface area contributed by atoms with E-state index < -0.39 is 12.1 Å². The molecule has 1 unspecified atom stereocenters. The van der Waals surface area contributed by atoms with Crippen molar-refractivity contribution in [3.05, 3.63) is 35.1 Å². The van der Waals surface area contributed by atoms with Gasteiger partial charge in [0.2, 0.25) is 0 Å². The highest BCUT2D eigenvalue weighted by Gasteiger charge is 2.14. The highest BCUT2D eigenvalue weighted by molar-refractivity contribution is 5.29. The van der Waals surface area contributed by atoms with Crippen molar-refractivity contribution in [3.63, 3.8) is 0 Å². The Bertz CT molecular complexity index is 299. The second-order valence-corrected chi connectivity index (χ2v) is 3.27. The Labute approximate surface area is 77.2 Å². The van der Waals surface area contributed by atoms with Crippen molar-refractivity contribution in [2.75, 3.05) is 0 Å². The number of aryl methyl sites for hydroxylation is 1. The monoisotopic (exact) mass is 183 g/mol. The summed E-state index contributed by atoms with van der Waals surface area (Å²) in [5.41, 5.74) is 7.28. The smallest absolute Gasteiger partial charge is 0.123 e. The maximum absolute atomic E-state index is 12.7. The summed E-state index contributed by atoms with van der Waals surface area (Å²) in [5.74, 6) is -0.279. The van der Waals surface area contributed by atoms with Crippen LogP contribution in [0, 0.1) is 12.7 Å². The summed E-state index contributed by atoms with van der Waals surface area (Å²) in [6.07, 6.45) is -0.621. The summed E-state index contributed by atoms with van der Waals surface area (Å²) in [7, 11) is 0. The maximum atomic E-state index is 12.7. The van der Waals surface area contributed by atoms with Gasteiger partial charge < -0.3 is 10.8 Å². The summed E-state index contributed by atoms with van der Waals surface area (Å²) in [6, 6.07) is 3.94. The molecule has 0 saturated carbocycles. The fourth-order valence-corrected chi connectivity index (χ4v) is 1.27. The fourth-order valence-electron chi connectivity index (χ4n) is 1.27. The maximum Gasteiger partial charge on any atom is 0.123 e. The lowest BCUT2D eigenvalue weighted by atomic mass is 9.98. The summed E-state index contributed by atoms with van der Waals surface area (Å²) in [5, 5.41) is 9.25. The molecule has 1 aromatic rings. The Kier molecular flexibility index (Phi) is 3.01. The average molecular weight is 183 g/mol. The van der Waals surface area contributed by atoms with Crippen LogP contribution in [0.3, 0.4) is 0 Å². The van der Waals surface area contributed by atoms with Crippen LogP contribution in [0.15, 0.2) is 18.2 Å². The van der Waals surface area contributed by atoms with Gasteiger partial charge in [-0.3, -0.25) is 0 Å². The molecule has 0 aliphatic rings. The lowest BCUT2D eigenvalue weighted by Crippen LogP contribution is -2.23. The topological polar surface area (TPSA) is 46.2 Å². The molecule has 0 spiro atoms. The molecular formula is C10H14FNO. The minimum atomic E-state index is -0.621. The first-order valence-electron chi connectivity index (χ1n) is 4.22. The van der Waals surface area contributed by atoms with E-state index >= 15 is 0 Å². The first kappa shape index (κ1) is 10.2. The number of nitrogens with two attached hydrogens (primary N) is 1. The predicted molar refractivity (Wildman–Crippen MR) is 49.7 cm³/mol. The van der Waals surface area contributed by atoms with Crippen LogP contribution >= 0.6 is 0 Å². The summed E-state index contributed by atoms with van der Waals surface area (Å²) >= 11 is 0. The third-order valence-corrected chi connectivity index (χ3v) is 2.11. The Morgan fingerprint density at radius 3 is 2.54 bits per heavy atom. The van der Waals surface area contributed by atoms with Crippen molar-refractivity contribution in [1.29, 1.82) is 0 Å². The number of hydrogen-bond donors (Lipinski definition) is 2. The van der Waals surface area contributed by atoms with Crippen molar-refractivity contribution in [3.8, 4) is 0 Å². The first-order valence-corrected chi connectivity index (χ1v) is 4.22. The summed E-state index contributed by atoms with van der Waals surface area (Å²) in [6.45, 7) is 3.40. The van der Waals surface area contributed by atoms with Gasteiger partial charge in [-0.1, -0.05) is 6.07 Å². The van der Waals surface area contributed by atoms with Gasteiger partial charge in [0.25, 0.3) is 0 Å². The molecule has 0 bridgehead atoms. The molecule has 0 saturated heterocycles. The molecule has 0 radical (unpaired) electrons. The minimum Gasteiger partial charge on any atom is -0.391 e. The zero-order chi connectivity index (χ0) is 10.0. The zero-order valence-corrected chi connectivity index (χ0v) is 7.79. The second kappa shape index (κ2) is 3.85. The summed E-state index contributed by atoms with van der Waals surface area (Å²) in [4.78, 5) is 0. The number of hydrogen-bond acceptors (Lipinski definition) is 2. The normalized spacial score (nSPS) is 15.5. The van der Waals surface area contributed by atoms with E-state index in [9.17, 15) is 9.50 Å². The van der Waals surface area contributed by atoms with Crippen molar-refractivity contribution < 1.29 is 9.50 Å². The van der Waals surface area contributed by atoms with E-state index in [4.69, 9.17) is 5.73 Å². The zero-order valence-electron chi connectivity index (χ0n) is 7.79. The van der Waals surface area contributed by atoms with Gasteiger partial charge in [-0.2, -0.15) is 0 Å². The van der Waals surface area contributed by atoms with Crippen LogP contribution < -0.4 is 5.73 Å².